The first-order valence-electron chi connectivity index (χ1n) is 9.32. The molecule has 1 amide bonds. The van der Waals surface area contributed by atoms with Gasteiger partial charge in [0.15, 0.2) is 5.12 Å². The average Bonchev–Trinajstić information content (AvgIpc) is 2.66. The van der Waals surface area contributed by atoms with Crippen LogP contribution in [0.5, 0.6) is 0 Å². The predicted octanol–water partition coefficient (Wildman–Crippen LogP) is 4.20. The van der Waals surface area contributed by atoms with Crippen LogP contribution < -0.4 is 4.90 Å². The van der Waals surface area contributed by atoms with Gasteiger partial charge in [-0.3, -0.25) is 14.5 Å². The van der Waals surface area contributed by atoms with E-state index in [1.807, 2.05) is 46.8 Å². The van der Waals surface area contributed by atoms with E-state index in [1.165, 1.54) is 12.0 Å². The molecule has 150 valence electrons. The fourth-order valence-electron chi connectivity index (χ4n) is 3.06. The number of ether oxygens (including phenoxy) is 1. The molecule has 1 unspecified atom stereocenters. The Morgan fingerprint density at radius 2 is 1.63 bits per heavy atom. The minimum absolute atomic E-state index is 0.00346. The van der Waals surface area contributed by atoms with Gasteiger partial charge in [-0.1, -0.05) is 37.7 Å². The van der Waals surface area contributed by atoms with E-state index in [4.69, 9.17) is 4.74 Å². The molecule has 0 N–H and O–H groups in total. The lowest BCUT2D eigenvalue weighted by molar-refractivity contribution is -0.142. The summed E-state index contributed by atoms with van der Waals surface area (Å²) in [6.45, 7) is 11.4. The number of esters is 1. The van der Waals surface area contributed by atoms with Crippen LogP contribution in [0.1, 0.15) is 50.3 Å². The highest BCUT2D eigenvalue weighted by Gasteiger charge is 2.31. The van der Waals surface area contributed by atoms with Crippen LogP contribution in [-0.2, 0) is 19.1 Å². The van der Waals surface area contributed by atoms with Gasteiger partial charge in [-0.15, -0.1) is 0 Å². The van der Waals surface area contributed by atoms with Crippen LogP contribution in [0.25, 0.3) is 0 Å². The number of carbonyl (C=O) groups excluding carboxylic acids is 3. The normalized spacial score (nSPS) is 12.0. The number of nitrogens with zero attached hydrogens (tertiary/aromatic N) is 1. The molecule has 1 aromatic carbocycles. The molecule has 0 saturated carbocycles. The predicted molar refractivity (Wildman–Crippen MR) is 111 cm³/mol. The van der Waals surface area contributed by atoms with E-state index in [-0.39, 0.29) is 22.7 Å². The first-order valence-corrected chi connectivity index (χ1v) is 10.3. The number of methoxy groups -OCH3 is 1. The zero-order chi connectivity index (χ0) is 20.7. The average molecular weight is 394 g/mol. The van der Waals surface area contributed by atoms with Gasteiger partial charge in [-0.05, 0) is 57.2 Å². The maximum atomic E-state index is 13.1. The van der Waals surface area contributed by atoms with Crippen molar-refractivity contribution in [2.75, 3.05) is 17.8 Å². The van der Waals surface area contributed by atoms with Gasteiger partial charge >= 0.3 is 5.97 Å². The molecule has 0 saturated heterocycles. The number of rotatable bonds is 8. The van der Waals surface area contributed by atoms with Crippen LogP contribution >= 0.6 is 11.8 Å². The third-order valence-corrected chi connectivity index (χ3v) is 6.01. The maximum absolute atomic E-state index is 13.1. The van der Waals surface area contributed by atoms with Gasteiger partial charge in [0.05, 0.1) is 18.6 Å². The third kappa shape index (κ3) is 5.58. The standard InChI is InChI=1S/C21H31NO4S/c1-8-17(9-2)21(25)27-12-18(23)22(16(6)20(24)26-7)19-14(4)11-10-13(3)15(19)5/h10-11,16-17H,8-9,12H2,1-7H3. The monoisotopic (exact) mass is 393 g/mol. The first-order chi connectivity index (χ1) is 12.7. The topological polar surface area (TPSA) is 63.7 Å². The van der Waals surface area contributed by atoms with Crippen molar-refractivity contribution in [2.24, 2.45) is 5.92 Å². The molecule has 0 radical (unpaired) electrons. The molecule has 0 aliphatic heterocycles. The molecule has 0 bridgehead atoms. The lowest BCUT2D eigenvalue weighted by Crippen LogP contribution is -2.46. The number of benzene rings is 1. The number of thioether (sulfide) groups is 1. The number of aryl methyl sites for hydroxylation is 2. The first kappa shape index (κ1) is 23.2. The van der Waals surface area contributed by atoms with Crippen molar-refractivity contribution in [3.63, 3.8) is 0 Å². The van der Waals surface area contributed by atoms with E-state index in [1.54, 1.807) is 6.92 Å². The van der Waals surface area contributed by atoms with Gasteiger partial charge in [0.1, 0.15) is 6.04 Å². The van der Waals surface area contributed by atoms with Crippen molar-refractivity contribution in [1.29, 1.82) is 0 Å². The Balaban J connectivity index is 3.21. The van der Waals surface area contributed by atoms with E-state index in [2.05, 4.69) is 0 Å². The molecule has 0 aliphatic rings. The van der Waals surface area contributed by atoms with Crippen LogP contribution in [0.4, 0.5) is 5.69 Å². The third-order valence-electron chi connectivity index (χ3n) is 5.00. The smallest absolute Gasteiger partial charge is 0.328 e. The minimum Gasteiger partial charge on any atom is -0.467 e. The fourth-order valence-corrected chi connectivity index (χ4v) is 4.03. The van der Waals surface area contributed by atoms with Gasteiger partial charge in [-0.25, -0.2) is 4.79 Å². The second-order valence-corrected chi connectivity index (χ2v) is 7.74. The van der Waals surface area contributed by atoms with Gasteiger partial charge in [-0.2, -0.15) is 0 Å². The number of amides is 1. The summed E-state index contributed by atoms with van der Waals surface area (Å²) >= 11 is 1.04. The highest BCUT2D eigenvalue weighted by atomic mass is 32.2. The van der Waals surface area contributed by atoms with Crippen molar-refractivity contribution in [1.82, 2.24) is 0 Å². The minimum atomic E-state index is -0.773. The van der Waals surface area contributed by atoms with Crippen molar-refractivity contribution < 1.29 is 19.1 Å². The fraction of sp³-hybridized carbons (Fsp3) is 0.571. The van der Waals surface area contributed by atoms with Gasteiger partial charge in [0.2, 0.25) is 5.91 Å². The molecule has 0 spiro atoms. The van der Waals surface area contributed by atoms with E-state index in [0.717, 1.165) is 41.3 Å². The van der Waals surface area contributed by atoms with Crippen LogP contribution in [-0.4, -0.2) is 35.9 Å². The molecule has 0 heterocycles. The van der Waals surface area contributed by atoms with Gasteiger partial charge < -0.3 is 4.74 Å². The van der Waals surface area contributed by atoms with Crippen molar-refractivity contribution >= 4 is 34.4 Å². The number of hydrogen-bond acceptors (Lipinski definition) is 5. The summed E-state index contributed by atoms with van der Waals surface area (Å²) in [6, 6.07) is 3.15. The zero-order valence-corrected chi connectivity index (χ0v) is 18.2. The Kier molecular flexibility index (Phi) is 9.03. The summed E-state index contributed by atoms with van der Waals surface area (Å²) < 4.78 is 4.87. The summed E-state index contributed by atoms with van der Waals surface area (Å²) in [5.74, 6) is -0.797. The Bertz CT molecular complexity index is 698. The highest BCUT2D eigenvalue weighted by molar-refractivity contribution is 8.14. The molecule has 1 rings (SSSR count). The second kappa shape index (κ2) is 10.5. The Morgan fingerprint density at radius 3 is 2.15 bits per heavy atom. The molecule has 0 fully saturated rings. The lowest BCUT2D eigenvalue weighted by Gasteiger charge is -2.31. The van der Waals surface area contributed by atoms with Crippen LogP contribution in [0, 0.1) is 26.7 Å². The van der Waals surface area contributed by atoms with Gasteiger partial charge in [0, 0.05) is 5.92 Å². The van der Waals surface area contributed by atoms with Gasteiger partial charge in [0.25, 0.3) is 0 Å². The molecule has 6 heteroatoms. The van der Waals surface area contributed by atoms with Crippen molar-refractivity contribution in [3.8, 4) is 0 Å². The molecule has 0 aliphatic carbocycles. The van der Waals surface area contributed by atoms with Crippen LogP contribution in [0.3, 0.4) is 0 Å². The molecular formula is C21H31NO4S. The molecule has 5 nitrogen and oxygen atoms in total. The Morgan fingerprint density at radius 1 is 1.07 bits per heavy atom. The van der Waals surface area contributed by atoms with E-state index < -0.39 is 12.0 Å². The summed E-state index contributed by atoms with van der Waals surface area (Å²) in [6.07, 6.45) is 1.52. The van der Waals surface area contributed by atoms with Crippen LogP contribution in [0.2, 0.25) is 0 Å². The Labute approximate surface area is 166 Å². The summed E-state index contributed by atoms with van der Waals surface area (Å²) in [7, 11) is 1.31. The molecular weight excluding hydrogens is 362 g/mol. The lowest BCUT2D eigenvalue weighted by atomic mass is 10.0. The highest BCUT2D eigenvalue weighted by Crippen LogP contribution is 2.30. The summed E-state index contributed by atoms with van der Waals surface area (Å²) in [5, 5.41) is 0.0247. The molecule has 27 heavy (non-hydrogen) atoms. The molecule has 1 atom stereocenters. The second-order valence-electron chi connectivity index (χ2n) is 6.76. The molecule has 1 aromatic rings. The molecule has 0 aromatic heterocycles. The van der Waals surface area contributed by atoms with E-state index >= 15 is 0 Å². The summed E-state index contributed by atoms with van der Waals surface area (Å²) in [4.78, 5) is 39.1. The Hall–Kier alpha value is -1.82. The summed E-state index contributed by atoms with van der Waals surface area (Å²) in [5.41, 5.74) is 3.59. The quantitative estimate of drug-likeness (QED) is 0.619. The van der Waals surface area contributed by atoms with E-state index in [9.17, 15) is 14.4 Å². The van der Waals surface area contributed by atoms with E-state index in [0.29, 0.717) is 5.69 Å². The largest absolute Gasteiger partial charge is 0.467 e. The zero-order valence-electron chi connectivity index (χ0n) is 17.4. The van der Waals surface area contributed by atoms with Crippen LogP contribution in [0.15, 0.2) is 12.1 Å². The number of hydrogen-bond donors (Lipinski definition) is 0. The number of anilines is 1. The number of carbonyl (C=O) groups is 3. The maximum Gasteiger partial charge on any atom is 0.328 e. The van der Waals surface area contributed by atoms with Crippen molar-refractivity contribution in [2.45, 2.75) is 60.4 Å². The SMILES string of the molecule is CCC(CC)C(=O)SCC(=O)N(c1c(C)ccc(C)c1C)C(C)C(=O)OC. The van der Waals surface area contributed by atoms with Crippen molar-refractivity contribution in [3.05, 3.63) is 28.8 Å².